The maximum absolute atomic E-state index is 12.7. The van der Waals surface area contributed by atoms with Gasteiger partial charge >= 0.3 is 5.97 Å². The molecule has 4 fully saturated rings. The molecule has 0 saturated heterocycles. The number of rotatable bonds is 4. The minimum absolute atomic E-state index is 0.0426. The Morgan fingerprint density at radius 3 is 2.44 bits per heavy atom. The van der Waals surface area contributed by atoms with Gasteiger partial charge in [-0.2, -0.15) is 0 Å². The van der Waals surface area contributed by atoms with Crippen LogP contribution in [0.25, 0.3) is 0 Å². The number of amides is 1. The Hall–Kier alpha value is -1.84. The number of aryl methyl sites for hydroxylation is 1. The highest BCUT2D eigenvalue weighted by molar-refractivity contribution is 5.82. The Balaban J connectivity index is 1.16. The Morgan fingerprint density at radius 2 is 1.70 bits per heavy atom. The first-order valence-electron chi connectivity index (χ1n) is 10.7. The topological polar surface area (TPSA) is 55.4 Å². The minimum atomic E-state index is -0.172. The van der Waals surface area contributed by atoms with Crippen molar-refractivity contribution in [2.75, 3.05) is 6.61 Å². The maximum Gasteiger partial charge on any atom is 0.310 e. The molecule has 1 amide bonds. The fourth-order valence-electron chi connectivity index (χ4n) is 6.68. The summed E-state index contributed by atoms with van der Waals surface area (Å²) in [5.41, 5.74) is 2.53. The predicted octanol–water partition coefficient (Wildman–Crippen LogP) is 3.80. The molecule has 5 aliphatic rings. The van der Waals surface area contributed by atoms with Crippen molar-refractivity contribution >= 4 is 11.9 Å². The largest absolute Gasteiger partial charge is 0.455 e. The van der Waals surface area contributed by atoms with E-state index in [1.54, 1.807) is 0 Å². The maximum atomic E-state index is 12.7. The van der Waals surface area contributed by atoms with E-state index in [-0.39, 0.29) is 30.4 Å². The van der Waals surface area contributed by atoms with Crippen LogP contribution in [0.3, 0.4) is 0 Å². The Bertz CT molecular complexity index is 715. The summed E-state index contributed by atoms with van der Waals surface area (Å²) in [5, 5.41) is 3.08. The van der Waals surface area contributed by atoms with Crippen molar-refractivity contribution in [1.29, 1.82) is 0 Å². The molecular formula is C23H29NO3. The molecule has 0 aromatic heterocycles. The average molecular weight is 367 g/mol. The van der Waals surface area contributed by atoms with E-state index in [4.69, 9.17) is 4.74 Å². The number of hydrogen-bond donors (Lipinski definition) is 1. The summed E-state index contributed by atoms with van der Waals surface area (Å²) < 4.78 is 5.51. The zero-order valence-corrected chi connectivity index (χ0v) is 15.9. The second kappa shape index (κ2) is 6.96. The molecular weight excluding hydrogens is 338 g/mol. The molecule has 4 bridgehead atoms. The molecule has 4 heteroatoms. The van der Waals surface area contributed by atoms with Gasteiger partial charge in [-0.1, -0.05) is 24.3 Å². The molecule has 1 aromatic rings. The number of nitrogens with one attached hydrogen (secondary N) is 1. The molecule has 1 N–H and O–H groups in total. The van der Waals surface area contributed by atoms with E-state index in [2.05, 4.69) is 23.5 Å². The average Bonchev–Trinajstić information content (AvgIpc) is 2.66. The van der Waals surface area contributed by atoms with E-state index < -0.39 is 0 Å². The first-order chi connectivity index (χ1) is 13.2. The highest BCUT2D eigenvalue weighted by Crippen LogP contribution is 2.56. The van der Waals surface area contributed by atoms with Crippen LogP contribution in [0.15, 0.2) is 24.3 Å². The van der Waals surface area contributed by atoms with Gasteiger partial charge in [-0.25, -0.2) is 0 Å². The van der Waals surface area contributed by atoms with Crippen molar-refractivity contribution in [3.05, 3.63) is 35.4 Å². The highest BCUT2D eigenvalue weighted by Gasteiger charge is 2.51. The molecule has 4 nitrogen and oxygen atoms in total. The van der Waals surface area contributed by atoms with E-state index in [0.29, 0.717) is 11.8 Å². The quantitative estimate of drug-likeness (QED) is 0.824. The lowest BCUT2D eigenvalue weighted by atomic mass is 9.52. The lowest BCUT2D eigenvalue weighted by Gasteiger charge is -2.53. The van der Waals surface area contributed by atoms with Crippen LogP contribution >= 0.6 is 0 Å². The highest BCUT2D eigenvalue weighted by atomic mass is 16.5. The SMILES string of the molecule is O=C(COC(=O)C1C2CC3CC(C2)CC1C3)N[C@@H]1CCCc2ccccc21. The fraction of sp³-hybridized carbons (Fsp3) is 0.652. The molecule has 6 rings (SSSR count). The zero-order valence-electron chi connectivity index (χ0n) is 15.9. The third-order valence-electron chi connectivity index (χ3n) is 7.55. The van der Waals surface area contributed by atoms with Crippen molar-refractivity contribution < 1.29 is 14.3 Å². The summed E-state index contributed by atoms with van der Waals surface area (Å²) in [5.74, 6) is 2.43. The zero-order chi connectivity index (χ0) is 18.4. The summed E-state index contributed by atoms with van der Waals surface area (Å²) in [4.78, 5) is 25.2. The molecule has 4 saturated carbocycles. The van der Waals surface area contributed by atoms with Crippen LogP contribution < -0.4 is 5.32 Å². The Kier molecular flexibility index (Phi) is 4.45. The lowest BCUT2D eigenvalue weighted by molar-refractivity contribution is -0.165. The van der Waals surface area contributed by atoms with Gasteiger partial charge in [-0.15, -0.1) is 0 Å². The van der Waals surface area contributed by atoms with Crippen molar-refractivity contribution in [2.45, 2.75) is 57.4 Å². The first kappa shape index (κ1) is 17.3. The molecule has 0 spiro atoms. The van der Waals surface area contributed by atoms with E-state index in [0.717, 1.165) is 31.1 Å². The molecule has 144 valence electrons. The van der Waals surface area contributed by atoms with Gasteiger partial charge in [0.25, 0.3) is 5.91 Å². The lowest BCUT2D eigenvalue weighted by Crippen LogP contribution is -2.48. The normalized spacial score (nSPS) is 36.1. The summed E-state index contributed by atoms with van der Waals surface area (Å²) in [6.45, 7) is -0.139. The molecule has 27 heavy (non-hydrogen) atoms. The molecule has 0 heterocycles. The number of carbonyl (C=O) groups is 2. The van der Waals surface area contributed by atoms with E-state index in [1.165, 1.54) is 43.2 Å². The molecule has 0 aliphatic heterocycles. The van der Waals surface area contributed by atoms with Crippen molar-refractivity contribution in [2.24, 2.45) is 29.6 Å². The van der Waals surface area contributed by atoms with Crippen LogP contribution in [0.2, 0.25) is 0 Å². The van der Waals surface area contributed by atoms with Gasteiger partial charge in [-0.3, -0.25) is 9.59 Å². The fourth-order valence-corrected chi connectivity index (χ4v) is 6.68. The standard InChI is InChI=1S/C23H29NO3/c25-21(24-20-7-3-5-16-4-1-2-6-19(16)20)13-27-23(26)22-17-9-14-8-15(11-17)12-18(22)10-14/h1-2,4,6,14-15,17-18,20,22H,3,5,7-13H2,(H,24,25)/t14?,15?,17?,18?,20-,22?/m1/s1. The van der Waals surface area contributed by atoms with E-state index >= 15 is 0 Å². The van der Waals surface area contributed by atoms with Crippen LogP contribution in [0.5, 0.6) is 0 Å². The van der Waals surface area contributed by atoms with Crippen molar-refractivity contribution in [3.8, 4) is 0 Å². The molecule has 1 atom stereocenters. The van der Waals surface area contributed by atoms with Crippen molar-refractivity contribution in [3.63, 3.8) is 0 Å². The number of hydrogen-bond acceptors (Lipinski definition) is 3. The third kappa shape index (κ3) is 3.28. The van der Waals surface area contributed by atoms with Gasteiger partial charge in [0.15, 0.2) is 6.61 Å². The summed E-state index contributed by atoms with van der Waals surface area (Å²) in [7, 11) is 0. The van der Waals surface area contributed by atoms with Crippen LogP contribution in [-0.2, 0) is 20.7 Å². The Labute approximate surface area is 161 Å². The minimum Gasteiger partial charge on any atom is -0.455 e. The predicted molar refractivity (Wildman–Crippen MR) is 102 cm³/mol. The smallest absolute Gasteiger partial charge is 0.310 e. The molecule has 1 aromatic carbocycles. The summed E-state index contributed by atoms with van der Waals surface area (Å²) in [6.07, 6.45) is 9.25. The van der Waals surface area contributed by atoms with Gasteiger partial charge in [0.05, 0.1) is 12.0 Å². The van der Waals surface area contributed by atoms with Crippen molar-refractivity contribution in [1.82, 2.24) is 5.32 Å². The van der Waals surface area contributed by atoms with Gasteiger partial charge in [-0.05, 0) is 86.2 Å². The van der Waals surface area contributed by atoms with E-state index in [9.17, 15) is 9.59 Å². The number of carbonyl (C=O) groups excluding carboxylic acids is 2. The third-order valence-corrected chi connectivity index (χ3v) is 7.55. The van der Waals surface area contributed by atoms with Crippen LogP contribution in [0, 0.1) is 29.6 Å². The van der Waals surface area contributed by atoms with Gasteiger partial charge in [0, 0.05) is 0 Å². The molecule has 0 radical (unpaired) electrons. The number of benzene rings is 1. The Morgan fingerprint density at radius 1 is 1.00 bits per heavy atom. The number of fused-ring (bicyclic) bond motifs is 1. The molecule has 5 aliphatic carbocycles. The van der Waals surface area contributed by atoms with Gasteiger partial charge < -0.3 is 10.1 Å². The number of ether oxygens (including phenoxy) is 1. The van der Waals surface area contributed by atoms with Crippen LogP contribution in [0.4, 0.5) is 0 Å². The van der Waals surface area contributed by atoms with Gasteiger partial charge in [0.1, 0.15) is 0 Å². The van der Waals surface area contributed by atoms with Gasteiger partial charge in [0.2, 0.25) is 0 Å². The monoisotopic (exact) mass is 367 g/mol. The van der Waals surface area contributed by atoms with Crippen LogP contribution in [-0.4, -0.2) is 18.5 Å². The second-order valence-electron chi connectivity index (χ2n) is 9.28. The summed E-state index contributed by atoms with van der Waals surface area (Å²) >= 11 is 0. The van der Waals surface area contributed by atoms with Crippen LogP contribution in [0.1, 0.15) is 62.1 Å². The number of esters is 1. The molecule has 0 unspecified atom stereocenters. The second-order valence-corrected chi connectivity index (χ2v) is 9.28. The van der Waals surface area contributed by atoms with E-state index in [1.807, 2.05) is 6.07 Å². The summed E-state index contributed by atoms with van der Waals surface area (Å²) in [6, 6.07) is 8.35. The first-order valence-corrected chi connectivity index (χ1v) is 10.7.